The minimum Gasteiger partial charge on any atom is -0.412 e. The smallest absolute Gasteiger partial charge is 0.198 e. The Hall–Kier alpha value is 0.184. The largest absolute Gasteiger partial charge is 0.412 e. The van der Waals surface area contributed by atoms with E-state index >= 15 is 0 Å². The molecule has 1 rings (SSSR count). The van der Waals surface area contributed by atoms with E-state index in [0.29, 0.717) is 11.5 Å². The van der Waals surface area contributed by atoms with Crippen molar-refractivity contribution in [3.63, 3.8) is 0 Å². The Balaban J connectivity index is 0. The van der Waals surface area contributed by atoms with Crippen LogP contribution >= 0.6 is 24.0 Å². The number of rotatable bonds is 2. The summed E-state index contributed by atoms with van der Waals surface area (Å²) in [5.41, 5.74) is 0.522. The number of aromatic nitrogens is 2. The third-order valence-corrected chi connectivity index (χ3v) is 1.05. The summed E-state index contributed by atoms with van der Waals surface area (Å²) in [6, 6.07) is 0. The average Bonchev–Trinajstić information content (AvgIpc) is 2.37. The van der Waals surface area contributed by atoms with Gasteiger partial charge in [-0.2, -0.15) is 0 Å². The molecule has 69 valence electrons. The molecule has 0 spiro atoms. The number of nitrogens with one attached hydrogen (secondary N) is 1. The molecular formula is C6H7IN3O2Y-. The van der Waals surface area contributed by atoms with Gasteiger partial charge in [0.2, 0.25) is 0 Å². The molecule has 0 saturated carbocycles. The van der Waals surface area contributed by atoms with Crippen LogP contribution in [0.2, 0.25) is 0 Å². The van der Waals surface area contributed by atoms with Gasteiger partial charge in [0.1, 0.15) is 5.69 Å². The van der Waals surface area contributed by atoms with Crippen LogP contribution in [0.5, 0.6) is 0 Å². The molecule has 5 nitrogen and oxygen atoms in total. The fraction of sp³-hybridized carbons (Fsp3) is 0.167. The summed E-state index contributed by atoms with van der Waals surface area (Å²) < 4.78 is 4.33. The van der Waals surface area contributed by atoms with Crippen molar-refractivity contribution in [2.45, 2.75) is 6.92 Å². The second-order valence-electron chi connectivity index (χ2n) is 1.83. The molecule has 1 N–H and O–H groups in total. The number of hydrogen-bond donors (Lipinski definition) is 1. The second kappa shape index (κ2) is 7.57. The molecule has 0 aliphatic heterocycles. The van der Waals surface area contributed by atoms with Crippen LogP contribution in [0.4, 0.5) is 5.82 Å². The minimum absolute atomic E-state index is 0. The molecule has 0 atom stereocenters. The van der Waals surface area contributed by atoms with Crippen LogP contribution in [0.15, 0.2) is 11.2 Å². The fourth-order valence-electron chi connectivity index (χ4n) is 0.497. The molecule has 7 heteroatoms. The molecule has 0 aliphatic carbocycles. The Morgan fingerprint density at radius 2 is 2.23 bits per heavy atom. The van der Waals surface area contributed by atoms with Gasteiger partial charge in [0.25, 0.3) is 0 Å². The predicted molar refractivity (Wildman–Crippen MR) is 51.9 cm³/mol. The third kappa shape index (κ3) is 4.82. The van der Waals surface area contributed by atoms with Gasteiger partial charge in [-0.3, -0.25) is 6.58 Å². The number of amides is 1. The van der Waals surface area contributed by atoms with Crippen LogP contribution in [-0.4, -0.2) is 16.2 Å². The molecule has 0 unspecified atom stereocenters. The summed E-state index contributed by atoms with van der Waals surface area (Å²) in [4.78, 5) is 10.6. The summed E-state index contributed by atoms with van der Waals surface area (Å²) in [7, 11) is 0. The van der Waals surface area contributed by atoms with Gasteiger partial charge in [-0.15, -0.1) is 24.0 Å². The number of anilines is 1. The Morgan fingerprint density at radius 3 is 2.62 bits per heavy atom. The van der Waals surface area contributed by atoms with Crippen molar-refractivity contribution >= 4 is 35.7 Å². The van der Waals surface area contributed by atoms with Gasteiger partial charge in [0.15, 0.2) is 5.82 Å². The molecule has 0 aliphatic rings. The summed E-state index contributed by atoms with van der Waals surface area (Å²) in [6.45, 7) is 4.82. The standard InChI is InChI=1S/C6H6N3O2.HI.Y/c1-3-5(10)7-6-4(2)8-11-9-6;;/h1H2,2H3,(H,7,9,10);1H;/q-1;;. The topological polar surface area (TPSA) is 68.0 Å². The first-order valence-corrected chi connectivity index (χ1v) is 2.87. The van der Waals surface area contributed by atoms with Crippen LogP contribution in [0.1, 0.15) is 5.69 Å². The quantitative estimate of drug-likeness (QED) is 0.479. The van der Waals surface area contributed by atoms with Crippen LogP contribution in [0.25, 0.3) is 0 Å². The van der Waals surface area contributed by atoms with Crippen LogP contribution in [0, 0.1) is 13.0 Å². The monoisotopic (exact) mass is 369 g/mol. The molecule has 0 fully saturated rings. The Morgan fingerprint density at radius 1 is 1.62 bits per heavy atom. The molecule has 1 radical (unpaired) electrons. The predicted octanol–water partition coefficient (Wildman–Crippen LogP) is 0.921. The Bertz CT molecular complexity index is 289. The SMILES string of the molecule is C=[C-]C(=O)Nc1nonc1C.I.[Y]. The van der Waals surface area contributed by atoms with Gasteiger partial charge in [-0.1, -0.05) is 5.16 Å². The van der Waals surface area contributed by atoms with E-state index in [1.165, 1.54) is 0 Å². The zero-order valence-electron chi connectivity index (χ0n) is 6.90. The molecule has 1 aromatic rings. The second-order valence-corrected chi connectivity index (χ2v) is 1.83. The molecule has 0 bridgehead atoms. The average molecular weight is 369 g/mol. The van der Waals surface area contributed by atoms with Gasteiger partial charge in [-0.05, 0) is 12.1 Å². The first kappa shape index (κ1) is 15.6. The van der Waals surface area contributed by atoms with E-state index in [1.54, 1.807) is 6.92 Å². The summed E-state index contributed by atoms with van der Waals surface area (Å²) in [5, 5.41) is 9.23. The number of aryl methyl sites for hydroxylation is 1. The Kier molecular flexibility index (Phi) is 9.12. The maximum Gasteiger partial charge on any atom is 0.198 e. The molecule has 0 aromatic carbocycles. The molecule has 1 aromatic heterocycles. The van der Waals surface area contributed by atoms with Gasteiger partial charge >= 0.3 is 0 Å². The fourth-order valence-corrected chi connectivity index (χ4v) is 0.497. The maximum absolute atomic E-state index is 10.6. The van der Waals surface area contributed by atoms with Crippen molar-refractivity contribution in [1.29, 1.82) is 0 Å². The normalized spacial score (nSPS) is 7.77. The zero-order valence-corrected chi connectivity index (χ0v) is 12.1. The number of carbonyl (C=O) groups excluding carboxylic acids is 1. The first-order chi connectivity index (χ1) is 5.24. The van der Waals surface area contributed by atoms with Gasteiger partial charge in [-0.25, -0.2) is 4.63 Å². The van der Waals surface area contributed by atoms with Crippen molar-refractivity contribution in [1.82, 2.24) is 10.3 Å². The third-order valence-electron chi connectivity index (χ3n) is 1.05. The minimum atomic E-state index is -0.455. The van der Waals surface area contributed by atoms with E-state index < -0.39 is 5.91 Å². The molecular weight excluding hydrogens is 362 g/mol. The molecule has 0 saturated heterocycles. The van der Waals surface area contributed by atoms with Gasteiger partial charge in [0, 0.05) is 32.7 Å². The van der Waals surface area contributed by atoms with E-state index in [0.717, 1.165) is 0 Å². The van der Waals surface area contributed by atoms with E-state index in [4.69, 9.17) is 0 Å². The number of nitrogens with zero attached hydrogens (tertiary/aromatic N) is 2. The first-order valence-electron chi connectivity index (χ1n) is 2.87. The van der Waals surface area contributed by atoms with Crippen molar-refractivity contribution in [3.8, 4) is 0 Å². The molecule has 1 amide bonds. The van der Waals surface area contributed by atoms with Crippen molar-refractivity contribution in [3.05, 3.63) is 18.3 Å². The van der Waals surface area contributed by atoms with E-state index in [-0.39, 0.29) is 56.7 Å². The van der Waals surface area contributed by atoms with Crippen LogP contribution < -0.4 is 5.32 Å². The molecule has 1 heterocycles. The van der Waals surface area contributed by atoms with Crippen molar-refractivity contribution in [2.75, 3.05) is 5.32 Å². The van der Waals surface area contributed by atoms with E-state index in [1.807, 2.05) is 0 Å². The maximum atomic E-state index is 10.6. The summed E-state index contributed by atoms with van der Waals surface area (Å²) in [6.07, 6.45) is 2.12. The number of hydrogen-bond acceptors (Lipinski definition) is 4. The summed E-state index contributed by atoms with van der Waals surface area (Å²) in [5.74, 6) is -0.157. The van der Waals surface area contributed by atoms with Crippen LogP contribution in [0.3, 0.4) is 0 Å². The number of halogens is 1. The van der Waals surface area contributed by atoms with Crippen molar-refractivity contribution < 1.29 is 42.1 Å². The van der Waals surface area contributed by atoms with Crippen LogP contribution in [-0.2, 0) is 37.5 Å². The van der Waals surface area contributed by atoms with Gasteiger partial charge < -0.3 is 16.2 Å². The van der Waals surface area contributed by atoms with Gasteiger partial charge in [0.05, 0.1) is 5.91 Å². The van der Waals surface area contributed by atoms with E-state index in [2.05, 4.69) is 32.9 Å². The Labute approximate surface area is 118 Å². The van der Waals surface area contributed by atoms with E-state index in [9.17, 15) is 4.79 Å². The number of carbonyl (C=O) groups is 1. The zero-order chi connectivity index (χ0) is 8.27. The van der Waals surface area contributed by atoms with Crippen molar-refractivity contribution in [2.24, 2.45) is 0 Å². The summed E-state index contributed by atoms with van der Waals surface area (Å²) >= 11 is 0. The molecule has 13 heavy (non-hydrogen) atoms.